The molecule has 1 fully saturated rings. The molecule has 0 aromatic heterocycles. The van der Waals surface area contributed by atoms with Gasteiger partial charge in [0.15, 0.2) is 0 Å². The van der Waals surface area contributed by atoms with Crippen molar-refractivity contribution in [1.82, 2.24) is 4.90 Å². The zero-order chi connectivity index (χ0) is 16.2. The molecule has 0 N–H and O–H groups in total. The molecule has 3 nitrogen and oxygen atoms in total. The van der Waals surface area contributed by atoms with Gasteiger partial charge < -0.3 is 9.64 Å². The largest absolute Gasteiger partial charge is 0.378 e. The summed E-state index contributed by atoms with van der Waals surface area (Å²) in [4.78, 5) is 13.2. The highest BCUT2D eigenvalue weighted by atomic mass is 28.3. The van der Waals surface area contributed by atoms with E-state index in [9.17, 15) is 13.6 Å². The number of carbonyl (C=O) groups is 1. The van der Waals surface area contributed by atoms with Gasteiger partial charge in [-0.05, 0) is 6.04 Å². The molecule has 0 radical (unpaired) electrons. The predicted octanol–water partition coefficient (Wildman–Crippen LogP) is 2.49. The Hall–Kier alpha value is -1.27. The monoisotopic (exact) mass is 327 g/mol. The molecule has 0 atom stereocenters. The van der Waals surface area contributed by atoms with Crippen LogP contribution in [-0.2, 0) is 9.53 Å². The van der Waals surface area contributed by atoms with E-state index in [1.165, 1.54) is 4.90 Å². The van der Waals surface area contributed by atoms with Crippen molar-refractivity contribution in [3.8, 4) is 0 Å². The maximum absolute atomic E-state index is 14.2. The molecular weight excluding hydrogens is 304 g/mol. The molecule has 1 heterocycles. The summed E-state index contributed by atoms with van der Waals surface area (Å²) >= 11 is 0. The van der Waals surface area contributed by atoms with Crippen molar-refractivity contribution in [3.05, 3.63) is 30.3 Å². The van der Waals surface area contributed by atoms with Crippen molar-refractivity contribution in [1.29, 1.82) is 0 Å². The topological polar surface area (TPSA) is 29.5 Å². The third-order valence-electron chi connectivity index (χ3n) is 4.23. The Balaban J connectivity index is 1.98. The highest BCUT2D eigenvalue weighted by molar-refractivity contribution is 6.89. The van der Waals surface area contributed by atoms with Crippen LogP contribution in [-0.4, -0.2) is 51.1 Å². The Morgan fingerprint density at radius 1 is 1.23 bits per heavy atom. The van der Waals surface area contributed by atoms with Gasteiger partial charge in [0.05, 0.1) is 21.3 Å². The third kappa shape index (κ3) is 4.13. The van der Waals surface area contributed by atoms with Gasteiger partial charge in [0.2, 0.25) is 0 Å². The molecular formula is C16H23F2NO2Si. The van der Waals surface area contributed by atoms with Crippen LogP contribution in [0.15, 0.2) is 30.3 Å². The summed E-state index contributed by atoms with van der Waals surface area (Å²) in [6, 6.07) is 10.2. The quantitative estimate of drug-likeness (QED) is 0.778. The van der Waals surface area contributed by atoms with E-state index in [0.717, 1.165) is 5.19 Å². The lowest BCUT2D eigenvalue weighted by Crippen LogP contribution is -2.50. The summed E-state index contributed by atoms with van der Waals surface area (Å²) in [5, 5.41) is 1.14. The van der Waals surface area contributed by atoms with Gasteiger partial charge >= 0.3 is 5.92 Å². The van der Waals surface area contributed by atoms with Crippen molar-refractivity contribution in [2.24, 2.45) is 0 Å². The van der Waals surface area contributed by atoms with Gasteiger partial charge in [0.1, 0.15) is 0 Å². The summed E-state index contributed by atoms with van der Waals surface area (Å²) in [7, 11) is -1.96. The number of carbonyl (C=O) groups excluding carboxylic acids is 1. The third-order valence-corrected chi connectivity index (χ3v) is 7.63. The fourth-order valence-corrected chi connectivity index (χ4v) is 4.93. The minimum Gasteiger partial charge on any atom is -0.378 e. The Bertz CT molecular complexity index is 502. The van der Waals surface area contributed by atoms with Gasteiger partial charge in [-0.25, -0.2) is 0 Å². The number of benzene rings is 1. The van der Waals surface area contributed by atoms with Crippen LogP contribution in [0.3, 0.4) is 0 Å². The zero-order valence-corrected chi connectivity index (χ0v) is 14.1. The molecule has 122 valence electrons. The average molecular weight is 327 g/mol. The highest BCUT2D eigenvalue weighted by Crippen LogP contribution is 2.27. The van der Waals surface area contributed by atoms with E-state index in [2.05, 4.69) is 13.1 Å². The molecule has 1 aliphatic heterocycles. The number of hydrogen-bond donors (Lipinski definition) is 0. The van der Waals surface area contributed by atoms with Crippen LogP contribution in [0.5, 0.6) is 0 Å². The molecule has 1 aromatic rings. The molecule has 22 heavy (non-hydrogen) atoms. The lowest BCUT2D eigenvalue weighted by atomic mass is 10.2. The van der Waals surface area contributed by atoms with Crippen molar-refractivity contribution in [3.63, 3.8) is 0 Å². The average Bonchev–Trinajstić information content (AvgIpc) is 2.54. The first-order valence-corrected chi connectivity index (χ1v) is 10.8. The zero-order valence-electron chi connectivity index (χ0n) is 13.1. The second-order valence-electron chi connectivity index (χ2n) is 6.36. The SMILES string of the molecule is C[Si](C)(CCC(F)(F)C(=O)N1CCOCC1)c1ccccc1. The van der Waals surface area contributed by atoms with E-state index in [1.807, 2.05) is 30.3 Å². The minimum atomic E-state index is -3.28. The van der Waals surface area contributed by atoms with Crippen LogP contribution in [0.2, 0.25) is 19.1 Å². The van der Waals surface area contributed by atoms with Gasteiger partial charge in [-0.15, -0.1) is 0 Å². The summed E-state index contributed by atoms with van der Waals surface area (Å²) in [5.74, 6) is -4.33. The Morgan fingerprint density at radius 3 is 2.41 bits per heavy atom. The maximum Gasteiger partial charge on any atom is 0.324 e. The number of morpholine rings is 1. The molecule has 0 unspecified atom stereocenters. The van der Waals surface area contributed by atoms with Gasteiger partial charge in [-0.2, -0.15) is 8.78 Å². The first kappa shape index (κ1) is 17.1. The molecule has 1 amide bonds. The lowest BCUT2D eigenvalue weighted by molar-refractivity contribution is -0.161. The molecule has 2 rings (SSSR count). The van der Waals surface area contributed by atoms with Gasteiger partial charge in [-0.3, -0.25) is 4.79 Å². The normalized spacial score (nSPS) is 16.6. The van der Waals surface area contributed by atoms with Crippen LogP contribution >= 0.6 is 0 Å². The second kappa shape index (κ2) is 6.87. The molecule has 1 saturated heterocycles. The summed E-state index contributed by atoms with van der Waals surface area (Å²) in [6.07, 6.45) is -0.378. The van der Waals surface area contributed by atoms with E-state index < -0.39 is 19.9 Å². The summed E-state index contributed by atoms with van der Waals surface area (Å²) in [5.41, 5.74) is 0. The molecule has 0 bridgehead atoms. The summed E-state index contributed by atoms with van der Waals surface area (Å²) in [6.45, 7) is 5.33. The molecule has 0 aliphatic carbocycles. The number of hydrogen-bond acceptors (Lipinski definition) is 2. The predicted molar refractivity (Wildman–Crippen MR) is 85.3 cm³/mol. The number of halogens is 2. The lowest BCUT2D eigenvalue weighted by Gasteiger charge is -2.31. The fraction of sp³-hybridized carbons (Fsp3) is 0.562. The van der Waals surface area contributed by atoms with Crippen LogP contribution in [0.25, 0.3) is 0 Å². The minimum absolute atomic E-state index is 0.258. The van der Waals surface area contributed by atoms with Gasteiger partial charge in [0, 0.05) is 19.5 Å². The van der Waals surface area contributed by atoms with Crippen LogP contribution in [0.1, 0.15) is 6.42 Å². The maximum atomic E-state index is 14.2. The van der Waals surface area contributed by atoms with Gasteiger partial charge in [-0.1, -0.05) is 48.6 Å². The van der Waals surface area contributed by atoms with Crippen LogP contribution in [0, 0.1) is 0 Å². The van der Waals surface area contributed by atoms with E-state index in [4.69, 9.17) is 4.74 Å². The standard InChI is InChI=1S/C16H23F2NO2Si/c1-22(2,14-6-4-3-5-7-14)13-8-16(17,18)15(20)19-9-11-21-12-10-19/h3-7H,8-13H2,1-2H3. The molecule has 0 saturated carbocycles. The van der Waals surface area contributed by atoms with Crippen LogP contribution in [0.4, 0.5) is 8.78 Å². The first-order valence-electron chi connectivity index (χ1n) is 7.63. The Kier molecular flexibility index (Phi) is 5.34. The molecule has 1 aliphatic rings. The van der Waals surface area contributed by atoms with Crippen molar-refractivity contribution in [2.45, 2.75) is 31.5 Å². The Morgan fingerprint density at radius 2 is 1.82 bits per heavy atom. The van der Waals surface area contributed by atoms with E-state index in [1.54, 1.807) is 0 Å². The first-order chi connectivity index (χ1) is 10.3. The van der Waals surface area contributed by atoms with E-state index in [0.29, 0.717) is 19.3 Å². The Labute approximate surface area is 131 Å². The summed E-state index contributed by atoms with van der Waals surface area (Å²) < 4.78 is 33.6. The van der Waals surface area contributed by atoms with Crippen LogP contribution < -0.4 is 5.19 Å². The number of ether oxygens (including phenoxy) is 1. The van der Waals surface area contributed by atoms with E-state index in [-0.39, 0.29) is 19.5 Å². The van der Waals surface area contributed by atoms with Gasteiger partial charge in [0.25, 0.3) is 5.91 Å². The number of nitrogens with zero attached hydrogens (tertiary/aromatic N) is 1. The number of alkyl halides is 2. The number of amides is 1. The number of rotatable bonds is 5. The van der Waals surface area contributed by atoms with Crippen molar-refractivity contribution in [2.75, 3.05) is 26.3 Å². The molecule has 1 aromatic carbocycles. The van der Waals surface area contributed by atoms with E-state index >= 15 is 0 Å². The second-order valence-corrected chi connectivity index (χ2v) is 11.2. The molecule has 6 heteroatoms. The molecule has 0 spiro atoms. The smallest absolute Gasteiger partial charge is 0.324 e. The highest BCUT2D eigenvalue weighted by Gasteiger charge is 2.43. The van der Waals surface area contributed by atoms with Crippen molar-refractivity contribution >= 4 is 19.2 Å². The van der Waals surface area contributed by atoms with Crippen molar-refractivity contribution < 1.29 is 18.3 Å². The fourth-order valence-electron chi connectivity index (χ4n) is 2.61.